The van der Waals surface area contributed by atoms with E-state index < -0.39 is 5.76 Å². The number of aromatic nitrogens is 2. The molecule has 126 valence electrons. The first-order valence-electron chi connectivity index (χ1n) is 8.02. The number of benzene rings is 2. The van der Waals surface area contributed by atoms with E-state index in [4.69, 9.17) is 4.42 Å². The number of oxazole rings is 1. The van der Waals surface area contributed by atoms with Gasteiger partial charge in [-0.15, -0.1) is 0 Å². The number of carbonyl (C=O) groups is 1. The second-order valence-electron chi connectivity index (χ2n) is 6.04. The molecule has 0 atom stereocenters. The van der Waals surface area contributed by atoms with Crippen molar-refractivity contribution in [1.82, 2.24) is 14.9 Å². The lowest BCUT2D eigenvalue weighted by molar-refractivity contribution is -0.120. The molecule has 4 rings (SSSR count). The Morgan fingerprint density at radius 1 is 1.24 bits per heavy atom. The van der Waals surface area contributed by atoms with E-state index in [-0.39, 0.29) is 5.91 Å². The van der Waals surface area contributed by atoms with Crippen LogP contribution in [0.2, 0.25) is 0 Å². The number of carbonyl (C=O) groups excluding carboxylic acids is 1. The normalized spacial score (nSPS) is 11.2. The zero-order chi connectivity index (χ0) is 17.4. The Morgan fingerprint density at radius 3 is 2.96 bits per heavy atom. The summed E-state index contributed by atoms with van der Waals surface area (Å²) in [6.45, 7) is 0.385. The third kappa shape index (κ3) is 2.82. The van der Waals surface area contributed by atoms with Gasteiger partial charge in [-0.1, -0.05) is 24.3 Å². The van der Waals surface area contributed by atoms with Gasteiger partial charge in [0.1, 0.15) is 0 Å². The Balaban J connectivity index is 1.46. The lowest BCUT2D eigenvalue weighted by Gasteiger charge is -2.05. The van der Waals surface area contributed by atoms with Crippen LogP contribution in [0.15, 0.2) is 57.9 Å². The molecule has 2 aromatic carbocycles. The number of aryl methyl sites for hydroxylation is 1. The van der Waals surface area contributed by atoms with E-state index >= 15 is 0 Å². The molecule has 2 aromatic heterocycles. The second kappa shape index (κ2) is 5.98. The summed E-state index contributed by atoms with van der Waals surface area (Å²) in [5.74, 6) is -0.449. The minimum Gasteiger partial charge on any atom is -0.408 e. The molecule has 1 amide bonds. The van der Waals surface area contributed by atoms with E-state index in [9.17, 15) is 9.59 Å². The third-order valence-electron chi connectivity index (χ3n) is 4.37. The highest BCUT2D eigenvalue weighted by Crippen LogP contribution is 2.18. The standard InChI is InChI=1S/C19H17N3O3/c1-22-16-7-6-12(8-17(16)25-19(22)24)10-21-18(23)9-13-11-20-15-5-3-2-4-14(13)15/h2-8,11,20H,9-10H2,1H3,(H,21,23). The van der Waals surface area contributed by atoms with Crippen molar-refractivity contribution in [1.29, 1.82) is 0 Å². The van der Waals surface area contributed by atoms with Gasteiger partial charge in [0, 0.05) is 30.7 Å². The smallest absolute Gasteiger partial charge is 0.408 e. The maximum atomic E-state index is 12.2. The molecular weight excluding hydrogens is 318 g/mol. The largest absolute Gasteiger partial charge is 0.419 e. The first-order valence-corrected chi connectivity index (χ1v) is 8.02. The van der Waals surface area contributed by atoms with Gasteiger partial charge in [-0.05, 0) is 29.3 Å². The Kier molecular flexibility index (Phi) is 3.65. The number of amides is 1. The van der Waals surface area contributed by atoms with Crippen molar-refractivity contribution < 1.29 is 9.21 Å². The number of rotatable bonds is 4. The first kappa shape index (κ1) is 15.3. The van der Waals surface area contributed by atoms with Crippen LogP contribution in [0, 0.1) is 0 Å². The fraction of sp³-hybridized carbons (Fsp3) is 0.158. The van der Waals surface area contributed by atoms with Gasteiger partial charge >= 0.3 is 5.76 Å². The van der Waals surface area contributed by atoms with Crippen LogP contribution in [-0.2, 0) is 24.8 Å². The Bertz CT molecular complexity index is 1130. The van der Waals surface area contributed by atoms with Gasteiger partial charge in [-0.2, -0.15) is 0 Å². The minimum absolute atomic E-state index is 0.0561. The number of H-pyrrole nitrogens is 1. The maximum Gasteiger partial charge on any atom is 0.419 e. The number of hydrogen-bond donors (Lipinski definition) is 2. The fourth-order valence-electron chi connectivity index (χ4n) is 3.00. The SMILES string of the molecule is Cn1c(=O)oc2cc(CNC(=O)Cc3c[nH]c4ccccc34)ccc21. The topological polar surface area (TPSA) is 80.0 Å². The predicted octanol–water partition coefficient (Wildman–Crippen LogP) is 2.47. The second-order valence-corrected chi connectivity index (χ2v) is 6.04. The molecule has 25 heavy (non-hydrogen) atoms. The molecule has 0 radical (unpaired) electrons. The van der Waals surface area contributed by atoms with Crippen LogP contribution in [0.1, 0.15) is 11.1 Å². The summed E-state index contributed by atoms with van der Waals surface area (Å²) in [4.78, 5) is 26.9. The summed E-state index contributed by atoms with van der Waals surface area (Å²) in [7, 11) is 1.66. The van der Waals surface area contributed by atoms with E-state index in [0.29, 0.717) is 18.5 Å². The quantitative estimate of drug-likeness (QED) is 0.601. The molecule has 4 aromatic rings. The van der Waals surface area contributed by atoms with Crippen molar-refractivity contribution in [2.24, 2.45) is 7.05 Å². The van der Waals surface area contributed by atoms with Crippen LogP contribution in [0.25, 0.3) is 22.0 Å². The molecule has 0 aliphatic rings. The van der Waals surface area contributed by atoms with Crippen molar-refractivity contribution in [2.45, 2.75) is 13.0 Å². The summed E-state index contributed by atoms with van der Waals surface area (Å²) in [5.41, 5.74) is 4.14. The average Bonchev–Trinajstić information content (AvgIpc) is 3.14. The number of nitrogens with one attached hydrogen (secondary N) is 2. The number of fused-ring (bicyclic) bond motifs is 2. The molecule has 0 spiro atoms. The molecule has 0 bridgehead atoms. The highest BCUT2D eigenvalue weighted by atomic mass is 16.4. The van der Waals surface area contributed by atoms with Crippen LogP contribution in [0.3, 0.4) is 0 Å². The molecule has 2 heterocycles. The van der Waals surface area contributed by atoms with Crippen LogP contribution >= 0.6 is 0 Å². The van der Waals surface area contributed by atoms with Crippen LogP contribution in [0.4, 0.5) is 0 Å². The molecular formula is C19H17N3O3. The Morgan fingerprint density at radius 2 is 2.08 bits per heavy atom. The van der Waals surface area contributed by atoms with Gasteiger partial charge in [0.2, 0.25) is 5.91 Å². The van der Waals surface area contributed by atoms with E-state index in [2.05, 4.69) is 10.3 Å². The van der Waals surface area contributed by atoms with Gasteiger partial charge in [-0.25, -0.2) is 4.79 Å². The van der Waals surface area contributed by atoms with Gasteiger partial charge in [0.05, 0.1) is 11.9 Å². The summed E-state index contributed by atoms with van der Waals surface area (Å²) < 4.78 is 6.62. The highest BCUT2D eigenvalue weighted by Gasteiger charge is 2.10. The summed E-state index contributed by atoms with van der Waals surface area (Å²) in [5, 5.41) is 3.97. The Labute approximate surface area is 143 Å². The van der Waals surface area contributed by atoms with E-state index in [1.165, 1.54) is 4.57 Å². The number of nitrogens with zero attached hydrogens (tertiary/aromatic N) is 1. The van der Waals surface area contributed by atoms with E-state index in [1.54, 1.807) is 13.1 Å². The number of hydrogen-bond acceptors (Lipinski definition) is 3. The molecule has 0 aliphatic heterocycles. The van der Waals surface area contributed by atoms with Crippen molar-refractivity contribution >= 4 is 27.9 Å². The van der Waals surface area contributed by atoms with Gasteiger partial charge in [0.25, 0.3) is 0 Å². The zero-order valence-electron chi connectivity index (χ0n) is 13.7. The van der Waals surface area contributed by atoms with Crippen LogP contribution in [0.5, 0.6) is 0 Å². The Hall–Kier alpha value is -3.28. The van der Waals surface area contributed by atoms with E-state index in [1.807, 2.05) is 42.6 Å². The summed E-state index contributed by atoms with van der Waals surface area (Å²) in [6.07, 6.45) is 2.18. The maximum absolute atomic E-state index is 12.2. The molecule has 0 fully saturated rings. The molecule has 0 saturated carbocycles. The minimum atomic E-state index is -0.393. The zero-order valence-corrected chi connectivity index (χ0v) is 13.7. The third-order valence-corrected chi connectivity index (χ3v) is 4.37. The molecule has 0 unspecified atom stereocenters. The number of para-hydroxylation sites is 1. The number of aromatic amines is 1. The molecule has 6 nitrogen and oxygen atoms in total. The summed E-state index contributed by atoms with van der Waals surface area (Å²) >= 11 is 0. The summed E-state index contributed by atoms with van der Waals surface area (Å²) in [6, 6.07) is 13.4. The predicted molar refractivity (Wildman–Crippen MR) is 95.3 cm³/mol. The highest BCUT2D eigenvalue weighted by molar-refractivity contribution is 5.88. The van der Waals surface area contributed by atoms with Crippen molar-refractivity contribution in [2.75, 3.05) is 0 Å². The monoisotopic (exact) mass is 335 g/mol. The lowest BCUT2D eigenvalue weighted by atomic mass is 10.1. The van der Waals surface area contributed by atoms with Gasteiger partial charge < -0.3 is 14.7 Å². The van der Waals surface area contributed by atoms with Crippen molar-refractivity contribution in [3.05, 3.63) is 70.3 Å². The first-order chi connectivity index (χ1) is 12.1. The van der Waals surface area contributed by atoms with Gasteiger partial charge in [-0.3, -0.25) is 9.36 Å². The fourth-order valence-corrected chi connectivity index (χ4v) is 3.00. The molecule has 0 aliphatic carbocycles. The van der Waals surface area contributed by atoms with E-state index in [0.717, 1.165) is 27.5 Å². The van der Waals surface area contributed by atoms with Crippen LogP contribution in [-0.4, -0.2) is 15.5 Å². The molecule has 0 saturated heterocycles. The van der Waals surface area contributed by atoms with Crippen molar-refractivity contribution in [3.63, 3.8) is 0 Å². The van der Waals surface area contributed by atoms with Crippen molar-refractivity contribution in [3.8, 4) is 0 Å². The molecule has 6 heteroatoms. The lowest BCUT2D eigenvalue weighted by Crippen LogP contribution is -2.24. The average molecular weight is 335 g/mol. The van der Waals surface area contributed by atoms with Crippen LogP contribution < -0.4 is 11.1 Å². The van der Waals surface area contributed by atoms with Gasteiger partial charge in [0.15, 0.2) is 5.58 Å². The molecule has 2 N–H and O–H groups in total.